The number of carboxylic acid groups (broad SMARTS) is 2. The van der Waals surface area contributed by atoms with E-state index in [1.165, 1.54) is 0 Å². The third kappa shape index (κ3) is 16.0. The molecule has 0 aromatic heterocycles. The van der Waals surface area contributed by atoms with Crippen LogP contribution in [0.5, 0.6) is 0 Å². The van der Waals surface area contributed by atoms with Gasteiger partial charge in [0.1, 0.15) is 5.60 Å². The van der Waals surface area contributed by atoms with E-state index in [1.807, 2.05) is 41.5 Å². The fourth-order valence-electron chi connectivity index (χ4n) is 0.502. The third-order valence-electron chi connectivity index (χ3n) is 1.20. The van der Waals surface area contributed by atoms with Crippen LogP contribution in [0.2, 0.25) is 0 Å². The van der Waals surface area contributed by atoms with Gasteiger partial charge in [0.2, 0.25) is 0 Å². The molecule has 8 heteroatoms. The van der Waals surface area contributed by atoms with Crippen LogP contribution in [0.1, 0.15) is 41.5 Å². The lowest BCUT2D eigenvalue weighted by Gasteiger charge is -2.25. The molecule has 0 saturated heterocycles. The van der Waals surface area contributed by atoms with Gasteiger partial charge in [0.15, 0.2) is 0 Å². The number of rotatable bonds is 0. The number of ether oxygens (including phenoxy) is 1. The van der Waals surface area contributed by atoms with Crippen LogP contribution in [0.4, 0.5) is 9.59 Å². The normalized spacial score (nSPS) is 10.6. The maximum Gasteiger partial charge on any atom is 0.547 e. The first-order valence-corrected chi connectivity index (χ1v) is 5.29. The predicted molar refractivity (Wildman–Crippen MR) is 63.5 cm³/mol. The zero-order chi connectivity index (χ0) is 15.9. The topological polar surface area (TPSA) is 119 Å². The summed E-state index contributed by atoms with van der Waals surface area (Å²) in [7, 11) is 0. The van der Waals surface area contributed by atoms with Gasteiger partial charge in [-0.3, -0.25) is 4.79 Å². The number of hydrogen-bond donors (Lipinski definition) is 2. The molecular formula is C11H20O8. The van der Waals surface area contributed by atoms with Gasteiger partial charge >= 0.3 is 18.3 Å². The molecule has 8 nitrogen and oxygen atoms in total. The standard InChI is InChI=1S/C9H18O2.C2H2O6/c1-8(2,3)7(10)11-9(4,5)6;3-1(4)7-8-2(5)6/h1-6H3;(H,3,4)(H,5,6). The molecule has 0 amide bonds. The Kier molecular flexibility index (Phi) is 7.58. The first-order valence-electron chi connectivity index (χ1n) is 5.29. The van der Waals surface area contributed by atoms with Crippen molar-refractivity contribution in [1.82, 2.24) is 0 Å². The van der Waals surface area contributed by atoms with E-state index < -0.39 is 17.7 Å². The van der Waals surface area contributed by atoms with Crippen molar-refractivity contribution in [3.05, 3.63) is 0 Å². The molecule has 0 heterocycles. The van der Waals surface area contributed by atoms with Crippen molar-refractivity contribution < 1.29 is 39.1 Å². The number of carbonyl (C=O) groups excluding carboxylic acids is 1. The maximum atomic E-state index is 11.3. The van der Waals surface area contributed by atoms with Crippen LogP contribution in [-0.4, -0.2) is 34.1 Å². The van der Waals surface area contributed by atoms with Crippen LogP contribution in [-0.2, 0) is 19.3 Å². The monoisotopic (exact) mass is 280 g/mol. The van der Waals surface area contributed by atoms with Gasteiger partial charge in [0.05, 0.1) is 5.41 Å². The molecule has 0 aliphatic rings. The van der Waals surface area contributed by atoms with E-state index in [-0.39, 0.29) is 11.6 Å². The van der Waals surface area contributed by atoms with Crippen LogP contribution in [0.3, 0.4) is 0 Å². The molecule has 0 aromatic rings. The highest BCUT2D eigenvalue weighted by Crippen LogP contribution is 2.19. The number of hydrogen-bond acceptors (Lipinski definition) is 6. The molecule has 0 bridgehead atoms. The van der Waals surface area contributed by atoms with Gasteiger partial charge in [-0.2, -0.15) is 0 Å². The lowest BCUT2D eigenvalue weighted by Crippen LogP contribution is -2.31. The summed E-state index contributed by atoms with van der Waals surface area (Å²) < 4.78 is 5.16. The minimum Gasteiger partial charge on any atom is -0.460 e. The summed E-state index contributed by atoms with van der Waals surface area (Å²) in [4.78, 5) is 36.1. The summed E-state index contributed by atoms with van der Waals surface area (Å²) >= 11 is 0. The van der Waals surface area contributed by atoms with Crippen molar-refractivity contribution in [2.45, 2.75) is 47.1 Å². The van der Waals surface area contributed by atoms with E-state index in [1.54, 1.807) is 0 Å². The highest BCUT2D eigenvalue weighted by atomic mass is 17.2. The van der Waals surface area contributed by atoms with Gasteiger partial charge in [0, 0.05) is 0 Å². The van der Waals surface area contributed by atoms with E-state index >= 15 is 0 Å². The van der Waals surface area contributed by atoms with Crippen LogP contribution in [0.15, 0.2) is 0 Å². The first kappa shape index (κ1) is 19.4. The third-order valence-corrected chi connectivity index (χ3v) is 1.20. The fourth-order valence-corrected chi connectivity index (χ4v) is 0.502. The summed E-state index contributed by atoms with van der Waals surface area (Å²) in [5.74, 6) is -0.148. The van der Waals surface area contributed by atoms with Crippen molar-refractivity contribution in [2.24, 2.45) is 5.41 Å². The summed E-state index contributed by atoms with van der Waals surface area (Å²) in [6.07, 6.45) is -3.60. The molecule has 0 fully saturated rings. The van der Waals surface area contributed by atoms with Gasteiger partial charge in [-0.15, -0.1) is 0 Å². The van der Waals surface area contributed by atoms with Gasteiger partial charge < -0.3 is 14.9 Å². The maximum absolute atomic E-state index is 11.3. The summed E-state index contributed by atoms with van der Waals surface area (Å²) in [5.41, 5.74) is -0.766. The van der Waals surface area contributed by atoms with Gasteiger partial charge in [0.25, 0.3) is 0 Å². The van der Waals surface area contributed by atoms with E-state index in [4.69, 9.17) is 14.9 Å². The minimum absolute atomic E-state index is 0.148. The molecule has 0 aliphatic heterocycles. The molecule has 112 valence electrons. The van der Waals surface area contributed by atoms with Crippen LogP contribution in [0, 0.1) is 5.41 Å². The Bertz CT molecular complexity index is 307. The molecule has 0 saturated carbocycles. The zero-order valence-electron chi connectivity index (χ0n) is 11.8. The number of carbonyl (C=O) groups is 3. The molecule has 0 rings (SSSR count). The van der Waals surface area contributed by atoms with Crippen LogP contribution >= 0.6 is 0 Å². The number of esters is 1. The van der Waals surface area contributed by atoms with E-state index in [0.29, 0.717) is 0 Å². The van der Waals surface area contributed by atoms with Gasteiger partial charge in [-0.25, -0.2) is 19.4 Å². The Morgan fingerprint density at radius 2 is 1.11 bits per heavy atom. The van der Waals surface area contributed by atoms with Gasteiger partial charge in [-0.1, -0.05) is 0 Å². The quantitative estimate of drug-likeness (QED) is 0.395. The smallest absolute Gasteiger partial charge is 0.460 e. The minimum atomic E-state index is -1.80. The van der Waals surface area contributed by atoms with Crippen molar-refractivity contribution >= 4 is 18.3 Å². The van der Waals surface area contributed by atoms with Crippen molar-refractivity contribution in [3.8, 4) is 0 Å². The Morgan fingerprint density at radius 1 is 0.789 bits per heavy atom. The van der Waals surface area contributed by atoms with Crippen LogP contribution < -0.4 is 0 Å². The summed E-state index contributed by atoms with van der Waals surface area (Å²) in [6.45, 7) is 11.2. The molecule has 0 spiro atoms. The van der Waals surface area contributed by atoms with E-state index in [2.05, 4.69) is 9.78 Å². The fraction of sp³-hybridized carbons (Fsp3) is 0.727. The Morgan fingerprint density at radius 3 is 1.21 bits per heavy atom. The highest BCUT2D eigenvalue weighted by molar-refractivity contribution is 5.75. The highest BCUT2D eigenvalue weighted by Gasteiger charge is 2.27. The SMILES string of the molecule is CC(C)(C)OC(=O)C(C)(C)C.O=C(O)OOC(=O)O. The van der Waals surface area contributed by atoms with E-state index in [9.17, 15) is 14.4 Å². The average Bonchev–Trinajstić information content (AvgIpc) is 2.11. The second-order valence-electron chi connectivity index (χ2n) is 5.45. The summed E-state index contributed by atoms with van der Waals surface area (Å²) in [5, 5.41) is 15.1. The second-order valence-corrected chi connectivity index (χ2v) is 5.45. The second kappa shape index (κ2) is 7.45. The van der Waals surface area contributed by atoms with Gasteiger partial charge in [-0.05, 0) is 41.5 Å². The Labute approximate surface area is 111 Å². The molecule has 2 N–H and O–H groups in total. The lowest BCUT2D eigenvalue weighted by molar-refractivity contribution is -0.208. The Balaban J connectivity index is 0. The molecule has 0 aliphatic carbocycles. The average molecular weight is 280 g/mol. The molecule has 19 heavy (non-hydrogen) atoms. The Hall–Kier alpha value is -1.99. The predicted octanol–water partition coefficient (Wildman–Crippen LogP) is 2.66. The zero-order valence-corrected chi connectivity index (χ0v) is 11.8. The van der Waals surface area contributed by atoms with Crippen molar-refractivity contribution in [3.63, 3.8) is 0 Å². The molecule has 0 radical (unpaired) electrons. The molecule has 0 unspecified atom stereocenters. The van der Waals surface area contributed by atoms with Crippen molar-refractivity contribution in [1.29, 1.82) is 0 Å². The van der Waals surface area contributed by atoms with E-state index in [0.717, 1.165) is 0 Å². The van der Waals surface area contributed by atoms with Crippen molar-refractivity contribution in [2.75, 3.05) is 0 Å². The molecule has 0 aromatic carbocycles. The lowest BCUT2D eigenvalue weighted by atomic mass is 9.97. The molecular weight excluding hydrogens is 260 g/mol. The molecule has 0 atom stereocenters. The first-order chi connectivity index (χ1) is 8.25. The largest absolute Gasteiger partial charge is 0.547 e. The van der Waals surface area contributed by atoms with Crippen LogP contribution in [0.25, 0.3) is 0 Å². The summed E-state index contributed by atoms with van der Waals surface area (Å²) in [6, 6.07) is 0.